The van der Waals surface area contributed by atoms with E-state index in [1.165, 1.54) is 0 Å². The summed E-state index contributed by atoms with van der Waals surface area (Å²) < 4.78 is 12.1. The Morgan fingerprint density at radius 3 is 3.00 bits per heavy atom. The van der Waals surface area contributed by atoms with E-state index in [1.807, 2.05) is 0 Å². The van der Waals surface area contributed by atoms with E-state index >= 15 is 0 Å². The topological polar surface area (TPSA) is 107 Å². The number of amides is 2. The van der Waals surface area contributed by atoms with E-state index in [2.05, 4.69) is 15.2 Å². The molecule has 10 heteroatoms. The van der Waals surface area contributed by atoms with Gasteiger partial charge >= 0.3 is 0 Å². The van der Waals surface area contributed by atoms with Gasteiger partial charge in [-0.3, -0.25) is 14.3 Å². The Labute approximate surface area is 162 Å². The van der Waals surface area contributed by atoms with Gasteiger partial charge in [-0.05, 0) is 19.3 Å². The number of rotatable bonds is 5. The molecule has 1 fully saturated rings. The molecular weight excluding hydrogens is 364 g/mol. The number of nitrogens with zero attached hydrogens (tertiary/aromatic N) is 6. The summed E-state index contributed by atoms with van der Waals surface area (Å²) >= 11 is 0. The lowest BCUT2D eigenvalue weighted by molar-refractivity contribution is 0.0553. The predicted molar refractivity (Wildman–Crippen MR) is 96.7 cm³/mol. The van der Waals surface area contributed by atoms with Gasteiger partial charge in [0.1, 0.15) is 11.7 Å². The number of fused-ring (bicyclic) bond motifs is 1. The molecule has 0 saturated carbocycles. The third-order valence-electron chi connectivity index (χ3n) is 5.27. The van der Waals surface area contributed by atoms with Gasteiger partial charge in [-0.15, -0.1) is 0 Å². The van der Waals surface area contributed by atoms with Gasteiger partial charge in [0.15, 0.2) is 11.5 Å². The molecule has 2 aliphatic rings. The van der Waals surface area contributed by atoms with Gasteiger partial charge in [-0.25, -0.2) is 0 Å². The Morgan fingerprint density at radius 1 is 1.32 bits per heavy atom. The second-order valence-corrected chi connectivity index (χ2v) is 7.17. The average molecular weight is 388 g/mol. The first kappa shape index (κ1) is 18.6. The minimum Gasteiger partial charge on any atom is -0.384 e. The van der Waals surface area contributed by atoms with Crippen LogP contribution in [0.1, 0.15) is 58.0 Å². The van der Waals surface area contributed by atoms with Crippen LogP contribution < -0.4 is 0 Å². The number of ether oxygens (including phenoxy) is 1. The fourth-order valence-corrected chi connectivity index (χ4v) is 3.68. The molecule has 0 spiro atoms. The van der Waals surface area contributed by atoms with Crippen molar-refractivity contribution in [3.8, 4) is 0 Å². The number of hydrogen-bond donors (Lipinski definition) is 0. The molecule has 2 aromatic rings. The zero-order chi connectivity index (χ0) is 19.7. The van der Waals surface area contributed by atoms with Gasteiger partial charge in [-0.1, -0.05) is 5.16 Å². The summed E-state index contributed by atoms with van der Waals surface area (Å²) in [5.41, 5.74) is 0.731. The van der Waals surface area contributed by atoms with Crippen LogP contribution >= 0.6 is 0 Å². The first-order valence-corrected chi connectivity index (χ1v) is 9.54. The Hall–Kier alpha value is -2.75. The second kappa shape index (κ2) is 7.70. The molecular formula is C18H24N6O4. The molecule has 150 valence electrons. The Kier molecular flexibility index (Phi) is 5.12. The quantitative estimate of drug-likeness (QED) is 0.749. The van der Waals surface area contributed by atoms with Crippen LogP contribution in [0.15, 0.2) is 10.6 Å². The molecule has 0 radical (unpaired) electrons. The van der Waals surface area contributed by atoms with Crippen LogP contribution in [0.2, 0.25) is 0 Å². The largest absolute Gasteiger partial charge is 0.384 e. The first-order valence-electron chi connectivity index (χ1n) is 9.54. The number of methoxy groups -OCH3 is 1. The van der Waals surface area contributed by atoms with Crippen molar-refractivity contribution in [1.29, 1.82) is 0 Å². The van der Waals surface area contributed by atoms with Crippen molar-refractivity contribution in [2.24, 2.45) is 0 Å². The minimum absolute atomic E-state index is 0.118. The van der Waals surface area contributed by atoms with Crippen molar-refractivity contribution >= 4 is 11.8 Å². The normalized spacial score (nSPS) is 19.8. The molecule has 4 rings (SSSR count). The highest BCUT2D eigenvalue weighted by atomic mass is 16.5. The predicted octanol–water partition coefficient (Wildman–Crippen LogP) is 0.908. The van der Waals surface area contributed by atoms with E-state index in [0.717, 1.165) is 19.3 Å². The van der Waals surface area contributed by atoms with E-state index in [9.17, 15) is 9.59 Å². The van der Waals surface area contributed by atoms with Gasteiger partial charge in [0.25, 0.3) is 11.8 Å². The SMILES string of the molecule is COCCc1noc(C2CCCCN2C(=O)c2cc3n(n2)CCN(C)C3=O)n1. The molecule has 4 heterocycles. The first-order chi connectivity index (χ1) is 13.6. The smallest absolute Gasteiger partial charge is 0.275 e. The van der Waals surface area contributed by atoms with Gasteiger partial charge < -0.3 is 19.1 Å². The lowest BCUT2D eigenvalue weighted by Crippen LogP contribution is -2.39. The summed E-state index contributed by atoms with van der Waals surface area (Å²) in [5, 5.41) is 8.37. The lowest BCUT2D eigenvalue weighted by Gasteiger charge is -2.32. The Morgan fingerprint density at radius 2 is 2.18 bits per heavy atom. The standard InChI is InChI=1S/C18H24N6O4/c1-22-8-9-24-14(18(22)26)11-12(20-24)17(25)23-7-4-3-5-13(23)16-19-15(21-28-16)6-10-27-2/h11,13H,3-10H2,1-2H3. The van der Waals surface area contributed by atoms with Crippen LogP contribution in [0.25, 0.3) is 0 Å². The van der Waals surface area contributed by atoms with E-state index in [1.54, 1.807) is 34.7 Å². The maximum atomic E-state index is 13.2. The third kappa shape index (κ3) is 3.39. The number of piperidine rings is 1. The van der Waals surface area contributed by atoms with Crippen molar-refractivity contribution in [3.05, 3.63) is 29.2 Å². The van der Waals surface area contributed by atoms with Crippen LogP contribution in [0, 0.1) is 0 Å². The van der Waals surface area contributed by atoms with Crippen molar-refractivity contribution < 1.29 is 18.8 Å². The molecule has 2 amide bonds. The summed E-state index contributed by atoms with van der Waals surface area (Å²) in [7, 11) is 3.37. The van der Waals surface area contributed by atoms with E-state index in [-0.39, 0.29) is 23.6 Å². The highest BCUT2D eigenvalue weighted by Gasteiger charge is 2.35. The van der Waals surface area contributed by atoms with Crippen LogP contribution in [0.5, 0.6) is 0 Å². The zero-order valence-electron chi connectivity index (χ0n) is 16.1. The van der Waals surface area contributed by atoms with Gasteiger partial charge in [-0.2, -0.15) is 10.1 Å². The van der Waals surface area contributed by atoms with Crippen molar-refractivity contribution in [3.63, 3.8) is 0 Å². The molecule has 1 atom stereocenters. The highest BCUT2D eigenvalue weighted by molar-refractivity contribution is 5.98. The fraction of sp³-hybridized carbons (Fsp3) is 0.611. The van der Waals surface area contributed by atoms with Crippen LogP contribution in [-0.4, -0.2) is 75.4 Å². The van der Waals surface area contributed by atoms with E-state index < -0.39 is 0 Å². The number of carbonyl (C=O) groups is 2. The van der Waals surface area contributed by atoms with Crippen LogP contribution in [0.3, 0.4) is 0 Å². The minimum atomic E-state index is -0.276. The Bertz CT molecular complexity index is 875. The highest BCUT2D eigenvalue weighted by Crippen LogP contribution is 2.31. The van der Waals surface area contributed by atoms with Crippen molar-refractivity contribution in [1.82, 2.24) is 29.7 Å². The average Bonchev–Trinajstić information content (AvgIpc) is 3.36. The lowest BCUT2D eigenvalue weighted by atomic mass is 10.0. The number of likely N-dealkylation sites (tertiary alicyclic amines) is 1. The Balaban J connectivity index is 1.56. The molecule has 10 nitrogen and oxygen atoms in total. The molecule has 0 N–H and O–H groups in total. The number of hydrogen-bond acceptors (Lipinski definition) is 7. The second-order valence-electron chi connectivity index (χ2n) is 7.17. The summed E-state index contributed by atoms with van der Waals surface area (Å²) in [6.07, 6.45) is 3.20. The maximum Gasteiger partial charge on any atom is 0.275 e. The van der Waals surface area contributed by atoms with Gasteiger partial charge in [0, 0.05) is 39.7 Å². The molecule has 0 bridgehead atoms. The molecule has 2 aromatic heterocycles. The van der Waals surface area contributed by atoms with Crippen LogP contribution in [0.4, 0.5) is 0 Å². The summed E-state index contributed by atoms with van der Waals surface area (Å²) in [6, 6.07) is 1.31. The molecule has 1 saturated heterocycles. The monoisotopic (exact) mass is 388 g/mol. The van der Waals surface area contributed by atoms with Gasteiger partial charge in [0.2, 0.25) is 5.89 Å². The molecule has 0 aromatic carbocycles. The van der Waals surface area contributed by atoms with Crippen LogP contribution in [-0.2, 0) is 17.7 Å². The third-order valence-corrected chi connectivity index (χ3v) is 5.27. The zero-order valence-corrected chi connectivity index (χ0v) is 16.1. The molecule has 1 unspecified atom stereocenters. The van der Waals surface area contributed by atoms with Gasteiger partial charge in [0.05, 0.1) is 13.2 Å². The summed E-state index contributed by atoms with van der Waals surface area (Å²) in [5.74, 6) is 0.686. The molecule has 28 heavy (non-hydrogen) atoms. The summed E-state index contributed by atoms with van der Waals surface area (Å²) in [6.45, 7) is 2.27. The maximum absolute atomic E-state index is 13.2. The molecule has 2 aliphatic heterocycles. The van der Waals surface area contributed by atoms with Crippen molar-refractivity contribution in [2.75, 3.05) is 33.9 Å². The van der Waals surface area contributed by atoms with E-state index in [0.29, 0.717) is 50.1 Å². The number of carbonyl (C=O) groups excluding carboxylic acids is 2. The van der Waals surface area contributed by atoms with Crippen molar-refractivity contribution in [2.45, 2.75) is 38.3 Å². The summed E-state index contributed by atoms with van der Waals surface area (Å²) in [4.78, 5) is 33.3. The molecule has 0 aliphatic carbocycles. The number of likely N-dealkylation sites (N-methyl/N-ethyl adjacent to an activating group) is 1. The van der Waals surface area contributed by atoms with E-state index in [4.69, 9.17) is 9.26 Å². The number of aromatic nitrogens is 4. The fourth-order valence-electron chi connectivity index (χ4n) is 3.68.